The highest BCUT2D eigenvalue weighted by Crippen LogP contribution is 2.41. The van der Waals surface area contributed by atoms with Crippen molar-refractivity contribution in [3.05, 3.63) is 62.2 Å². The van der Waals surface area contributed by atoms with Gasteiger partial charge in [0.25, 0.3) is 0 Å². The van der Waals surface area contributed by atoms with E-state index in [9.17, 15) is 0 Å². The second-order valence-electron chi connectivity index (χ2n) is 7.26. The molecule has 0 N–H and O–H groups in total. The molecule has 2 nitrogen and oxygen atoms in total. The second-order valence-corrected chi connectivity index (χ2v) is 8.91. The van der Waals surface area contributed by atoms with E-state index in [0.717, 1.165) is 29.2 Å². The maximum atomic E-state index is 6.62. The predicted molar refractivity (Wildman–Crippen MR) is 123 cm³/mol. The minimum absolute atomic E-state index is 0.00674. The monoisotopic (exact) mass is 478 g/mol. The fourth-order valence-corrected chi connectivity index (χ4v) is 4.08. The van der Waals surface area contributed by atoms with E-state index in [2.05, 4.69) is 90.5 Å². The summed E-state index contributed by atoms with van der Waals surface area (Å²) in [6.45, 7) is 9.92. The van der Waals surface area contributed by atoms with E-state index in [1.807, 2.05) is 18.3 Å². The highest BCUT2D eigenvalue weighted by atomic mass is 127. The average molecular weight is 479 g/mol. The lowest BCUT2D eigenvalue weighted by Crippen LogP contribution is -2.45. The molecule has 0 spiro atoms. The van der Waals surface area contributed by atoms with Crippen molar-refractivity contribution in [1.29, 1.82) is 0 Å². The van der Waals surface area contributed by atoms with Crippen LogP contribution in [0.15, 0.2) is 47.5 Å². The first kappa shape index (κ1) is 19.4. The summed E-state index contributed by atoms with van der Waals surface area (Å²) >= 11 is 8.92. The van der Waals surface area contributed by atoms with Crippen LogP contribution in [0, 0.1) is 3.57 Å². The van der Waals surface area contributed by atoms with Crippen molar-refractivity contribution < 1.29 is 0 Å². The van der Waals surface area contributed by atoms with Crippen LogP contribution in [-0.2, 0) is 0 Å². The molecule has 0 saturated carbocycles. The van der Waals surface area contributed by atoms with E-state index in [1.54, 1.807) is 0 Å². The minimum atomic E-state index is -0.00674. The van der Waals surface area contributed by atoms with Gasteiger partial charge in [0, 0.05) is 33.1 Å². The third-order valence-corrected chi connectivity index (χ3v) is 5.77. The molecule has 26 heavy (non-hydrogen) atoms. The molecule has 0 aromatic heterocycles. The Morgan fingerprint density at radius 3 is 2.54 bits per heavy atom. The molecule has 0 radical (unpaired) electrons. The number of hydrogen-bond donors (Lipinski definition) is 0. The Morgan fingerprint density at radius 1 is 1.19 bits per heavy atom. The maximum absolute atomic E-state index is 6.62. The van der Waals surface area contributed by atoms with Gasteiger partial charge in [-0.05, 0) is 91.8 Å². The molecule has 0 amide bonds. The smallest absolute Gasteiger partial charge is 0.0630 e. The maximum Gasteiger partial charge on any atom is 0.0630 e. The summed E-state index contributed by atoms with van der Waals surface area (Å²) in [5.41, 5.74) is 5.62. The molecule has 1 heterocycles. The number of halogens is 2. The van der Waals surface area contributed by atoms with Crippen molar-refractivity contribution in [3.8, 4) is 0 Å². The van der Waals surface area contributed by atoms with Gasteiger partial charge in [-0.15, -0.1) is 0 Å². The lowest BCUT2D eigenvalue weighted by Gasteiger charge is -2.43. The molecule has 0 saturated heterocycles. The van der Waals surface area contributed by atoms with Gasteiger partial charge in [0.15, 0.2) is 0 Å². The molecule has 0 unspecified atom stereocenters. The normalized spacial score (nSPS) is 15.9. The molecule has 0 aliphatic carbocycles. The first-order valence-electron chi connectivity index (χ1n) is 8.92. The van der Waals surface area contributed by atoms with Crippen molar-refractivity contribution in [3.63, 3.8) is 0 Å². The first-order chi connectivity index (χ1) is 12.3. The van der Waals surface area contributed by atoms with Gasteiger partial charge in [0.05, 0.1) is 16.2 Å². The van der Waals surface area contributed by atoms with Crippen LogP contribution in [0.5, 0.6) is 0 Å². The summed E-state index contributed by atoms with van der Waals surface area (Å²) in [5.74, 6) is 0. The lowest BCUT2D eigenvalue weighted by atomic mass is 9.88. The molecular formula is C22H24ClIN2. The van der Waals surface area contributed by atoms with E-state index in [0.29, 0.717) is 0 Å². The minimum Gasteiger partial charge on any atom is -0.362 e. The Bertz CT molecular complexity index is 866. The molecule has 2 aromatic rings. The van der Waals surface area contributed by atoms with Gasteiger partial charge >= 0.3 is 0 Å². The van der Waals surface area contributed by atoms with Crippen molar-refractivity contribution >= 4 is 57.4 Å². The first-order valence-corrected chi connectivity index (χ1v) is 10.4. The third-order valence-electron chi connectivity index (χ3n) is 4.72. The Morgan fingerprint density at radius 2 is 1.88 bits per heavy atom. The van der Waals surface area contributed by atoms with E-state index in [4.69, 9.17) is 11.6 Å². The van der Waals surface area contributed by atoms with Crippen molar-refractivity contribution in [1.82, 2.24) is 0 Å². The van der Waals surface area contributed by atoms with Crippen LogP contribution in [0.1, 0.15) is 45.2 Å². The Kier molecular flexibility index (Phi) is 5.78. The van der Waals surface area contributed by atoms with E-state index >= 15 is 0 Å². The zero-order chi connectivity index (χ0) is 18.9. The van der Waals surface area contributed by atoms with Gasteiger partial charge in [0.1, 0.15) is 0 Å². The zero-order valence-electron chi connectivity index (χ0n) is 15.7. The van der Waals surface area contributed by atoms with Crippen LogP contribution in [0.25, 0.3) is 5.57 Å². The Hall–Kier alpha value is -1.33. The van der Waals surface area contributed by atoms with Crippen LogP contribution < -0.4 is 4.90 Å². The summed E-state index contributed by atoms with van der Waals surface area (Å²) in [6, 6.07) is 12.4. The number of aliphatic imine (C=N–C) groups is 1. The molecule has 0 atom stereocenters. The number of nitrogens with zero attached hydrogens (tertiary/aromatic N) is 2. The molecule has 1 aliphatic rings. The molecule has 2 aromatic carbocycles. The topological polar surface area (TPSA) is 15.6 Å². The molecular weight excluding hydrogens is 455 g/mol. The van der Waals surface area contributed by atoms with Crippen LogP contribution in [0.3, 0.4) is 0 Å². The highest BCUT2D eigenvalue weighted by Gasteiger charge is 2.31. The standard InChI is InChI=1S/C22H24ClIN2/c1-5-10-26-21-12-20(23)16(11-19(21)15(2)13-22(26,3)4)14-25-18-8-6-17(24)7-9-18/h6-9,11-14H,5,10H2,1-4H3. The fourth-order valence-electron chi connectivity index (χ4n) is 3.52. The Balaban J connectivity index is 2.01. The van der Waals surface area contributed by atoms with Gasteiger partial charge in [-0.2, -0.15) is 0 Å². The van der Waals surface area contributed by atoms with Crippen molar-refractivity contribution in [2.45, 2.75) is 39.7 Å². The van der Waals surface area contributed by atoms with Crippen LogP contribution in [0.2, 0.25) is 5.02 Å². The SMILES string of the molecule is CCCN1c2cc(Cl)c(C=Nc3ccc(I)cc3)cc2C(C)=CC1(C)C. The molecule has 3 rings (SSSR count). The van der Waals surface area contributed by atoms with E-state index in [-0.39, 0.29) is 5.54 Å². The summed E-state index contributed by atoms with van der Waals surface area (Å²) < 4.78 is 1.20. The van der Waals surface area contributed by atoms with Gasteiger partial charge in [-0.25, -0.2) is 0 Å². The molecule has 0 fully saturated rings. The second kappa shape index (κ2) is 7.73. The molecule has 136 valence electrons. The third kappa shape index (κ3) is 3.99. The van der Waals surface area contributed by atoms with E-state index in [1.165, 1.54) is 20.4 Å². The fraction of sp³-hybridized carbons (Fsp3) is 0.318. The van der Waals surface area contributed by atoms with E-state index < -0.39 is 0 Å². The van der Waals surface area contributed by atoms with Gasteiger partial charge in [-0.3, -0.25) is 4.99 Å². The highest BCUT2D eigenvalue weighted by molar-refractivity contribution is 14.1. The zero-order valence-corrected chi connectivity index (χ0v) is 18.6. The van der Waals surface area contributed by atoms with Crippen LogP contribution >= 0.6 is 34.2 Å². The van der Waals surface area contributed by atoms with Gasteiger partial charge in [0.2, 0.25) is 0 Å². The quantitative estimate of drug-likeness (QED) is 0.338. The molecule has 4 heteroatoms. The van der Waals surface area contributed by atoms with Crippen molar-refractivity contribution in [2.75, 3.05) is 11.4 Å². The Labute approximate surface area is 175 Å². The van der Waals surface area contributed by atoms with Gasteiger partial charge < -0.3 is 4.90 Å². The number of anilines is 1. The largest absolute Gasteiger partial charge is 0.362 e. The number of hydrogen-bond acceptors (Lipinski definition) is 2. The molecule has 0 bridgehead atoms. The summed E-state index contributed by atoms with van der Waals surface area (Å²) in [5, 5.41) is 0.740. The summed E-state index contributed by atoms with van der Waals surface area (Å²) in [7, 11) is 0. The average Bonchev–Trinajstić information content (AvgIpc) is 2.58. The van der Waals surface area contributed by atoms with Gasteiger partial charge in [-0.1, -0.05) is 24.6 Å². The number of allylic oxidation sites excluding steroid dienone is 1. The number of rotatable bonds is 4. The van der Waals surface area contributed by atoms with Crippen LogP contribution in [-0.4, -0.2) is 18.3 Å². The molecule has 1 aliphatic heterocycles. The number of benzene rings is 2. The summed E-state index contributed by atoms with van der Waals surface area (Å²) in [6.07, 6.45) is 5.31. The van der Waals surface area contributed by atoms with Crippen molar-refractivity contribution in [2.24, 2.45) is 4.99 Å². The van der Waals surface area contributed by atoms with Crippen LogP contribution in [0.4, 0.5) is 11.4 Å². The predicted octanol–water partition coefficient (Wildman–Crippen LogP) is 7.11. The number of fused-ring (bicyclic) bond motifs is 1. The lowest BCUT2D eigenvalue weighted by molar-refractivity contribution is 0.550. The summed E-state index contributed by atoms with van der Waals surface area (Å²) in [4.78, 5) is 7.04.